The van der Waals surface area contributed by atoms with Crippen LogP contribution in [0, 0.1) is 5.92 Å². The zero-order valence-corrected chi connectivity index (χ0v) is 19.9. The largest absolute Gasteiger partial charge is 0.490 e. The Bertz CT molecular complexity index is 965. The van der Waals surface area contributed by atoms with E-state index >= 15 is 0 Å². The number of carboxylic acid groups (broad SMARTS) is 2. The number of rotatable bonds is 6. The molecular formula is C21H25F6N3O5S. The molecule has 2 aliphatic rings. The lowest BCUT2D eigenvalue weighted by molar-refractivity contribution is -0.193. The van der Waals surface area contributed by atoms with Crippen LogP contribution in [0.25, 0.3) is 0 Å². The molecule has 1 aliphatic heterocycles. The molecule has 0 spiro atoms. The average molecular weight is 546 g/mol. The monoisotopic (exact) mass is 545 g/mol. The van der Waals surface area contributed by atoms with Crippen LogP contribution in [0.3, 0.4) is 0 Å². The van der Waals surface area contributed by atoms with Gasteiger partial charge in [-0.3, -0.25) is 4.90 Å². The molecule has 202 valence electrons. The molecule has 8 nitrogen and oxygen atoms in total. The van der Waals surface area contributed by atoms with Gasteiger partial charge in [0.2, 0.25) is 0 Å². The number of halogens is 6. The number of aromatic nitrogens is 2. The highest BCUT2D eigenvalue weighted by Crippen LogP contribution is 2.32. The molecular weight excluding hydrogens is 520 g/mol. The predicted molar refractivity (Wildman–Crippen MR) is 115 cm³/mol. The Balaban J connectivity index is 0.000000271. The van der Waals surface area contributed by atoms with Crippen LogP contribution in [0.5, 0.6) is 0 Å². The molecule has 1 aliphatic carbocycles. The molecule has 3 heterocycles. The van der Waals surface area contributed by atoms with E-state index in [2.05, 4.69) is 39.0 Å². The smallest absolute Gasteiger partial charge is 0.475 e. The third kappa shape index (κ3) is 9.78. The molecule has 0 saturated heterocycles. The fourth-order valence-corrected chi connectivity index (χ4v) is 4.09. The number of nitrogens with zero attached hydrogens (tertiary/aromatic N) is 3. The van der Waals surface area contributed by atoms with E-state index in [0.29, 0.717) is 5.92 Å². The number of hydrogen-bond acceptors (Lipinski definition) is 6. The minimum atomic E-state index is -5.08. The lowest BCUT2D eigenvalue weighted by Crippen LogP contribution is -2.35. The summed E-state index contributed by atoms with van der Waals surface area (Å²) in [5.74, 6) is -4.24. The third-order valence-electron chi connectivity index (χ3n) is 5.12. The van der Waals surface area contributed by atoms with Gasteiger partial charge >= 0.3 is 24.3 Å². The highest BCUT2D eigenvalue weighted by molar-refractivity contribution is 7.09. The Hall–Kier alpha value is -2.65. The number of carboxylic acids is 2. The topological polar surface area (TPSA) is 105 Å². The Kier molecular flexibility index (Phi) is 10.3. The summed E-state index contributed by atoms with van der Waals surface area (Å²) >= 11 is 1.84. The van der Waals surface area contributed by atoms with Gasteiger partial charge in [0, 0.05) is 49.8 Å². The maximum atomic E-state index is 10.6. The molecule has 2 aromatic rings. The summed E-state index contributed by atoms with van der Waals surface area (Å²) in [6.07, 6.45) is -5.51. The number of thiophene rings is 1. The summed E-state index contributed by atoms with van der Waals surface area (Å²) < 4.78 is 71.7. The van der Waals surface area contributed by atoms with Crippen LogP contribution in [0.4, 0.5) is 26.3 Å². The Morgan fingerprint density at radius 2 is 1.69 bits per heavy atom. The van der Waals surface area contributed by atoms with Crippen LogP contribution in [0.2, 0.25) is 0 Å². The lowest BCUT2D eigenvalue weighted by atomic mass is 9.99. The van der Waals surface area contributed by atoms with Gasteiger partial charge < -0.3 is 19.5 Å². The van der Waals surface area contributed by atoms with E-state index in [9.17, 15) is 26.3 Å². The summed E-state index contributed by atoms with van der Waals surface area (Å²) in [6.45, 7) is 4.80. The minimum absolute atomic E-state index is 0.440. The minimum Gasteiger partial charge on any atom is -0.475 e. The van der Waals surface area contributed by atoms with Gasteiger partial charge in [0.15, 0.2) is 0 Å². The molecule has 0 radical (unpaired) electrons. The molecule has 0 aromatic carbocycles. The van der Waals surface area contributed by atoms with Gasteiger partial charge in [-0.1, -0.05) is 6.07 Å². The molecule has 15 heteroatoms. The standard InChI is InChI=1S/C17H23N3OS.2C2HF3O2/c1-19-12-18-16-9-20(8-15-3-2-6-22-15)7-14(17(16)19)11-21-10-13-4-5-13;2*3-2(4,5)1(6)7/h2-3,6,12-14H,4-5,7-11H2,1H3;2*(H,6,7). The SMILES string of the molecule is Cn1cnc2c1C(COCC1CC1)CN(Cc1cccs1)C2.O=C(O)C(F)(F)F.O=C(O)C(F)(F)F. The number of alkyl halides is 6. The molecule has 1 atom stereocenters. The number of aliphatic carboxylic acids is 2. The van der Waals surface area contributed by atoms with Crippen molar-refractivity contribution in [1.82, 2.24) is 14.5 Å². The first kappa shape index (κ1) is 29.6. The second kappa shape index (κ2) is 12.5. The first-order chi connectivity index (χ1) is 16.7. The highest BCUT2D eigenvalue weighted by atomic mass is 32.1. The van der Waals surface area contributed by atoms with Crippen LogP contribution < -0.4 is 0 Å². The van der Waals surface area contributed by atoms with E-state index < -0.39 is 24.3 Å². The van der Waals surface area contributed by atoms with E-state index in [-0.39, 0.29) is 0 Å². The number of fused-ring (bicyclic) bond motifs is 1. The average Bonchev–Trinajstić information content (AvgIpc) is 3.30. The van der Waals surface area contributed by atoms with Crippen molar-refractivity contribution in [3.05, 3.63) is 40.1 Å². The van der Waals surface area contributed by atoms with Crippen LogP contribution >= 0.6 is 11.3 Å². The number of aryl methyl sites for hydroxylation is 1. The Labute approximate surface area is 206 Å². The Morgan fingerprint density at radius 1 is 1.11 bits per heavy atom. The quantitative estimate of drug-likeness (QED) is 0.523. The highest BCUT2D eigenvalue weighted by Gasteiger charge is 2.39. The van der Waals surface area contributed by atoms with Crippen molar-refractivity contribution in [1.29, 1.82) is 0 Å². The van der Waals surface area contributed by atoms with Gasteiger partial charge in [-0.05, 0) is 30.2 Å². The summed E-state index contributed by atoms with van der Waals surface area (Å²) in [7, 11) is 2.11. The van der Waals surface area contributed by atoms with Gasteiger partial charge in [-0.2, -0.15) is 26.3 Å². The van der Waals surface area contributed by atoms with Gasteiger partial charge in [-0.25, -0.2) is 14.6 Å². The van der Waals surface area contributed by atoms with Crippen molar-refractivity contribution in [3.8, 4) is 0 Å². The van der Waals surface area contributed by atoms with Crippen LogP contribution in [-0.4, -0.2) is 68.7 Å². The van der Waals surface area contributed by atoms with Crippen molar-refractivity contribution >= 4 is 23.3 Å². The third-order valence-corrected chi connectivity index (χ3v) is 5.98. The van der Waals surface area contributed by atoms with Crippen LogP contribution in [0.15, 0.2) is 23.8 Å². The second-order valence-corrected chi connectivity index (χ2v) is 9.25. The summed E-state index contributed by atoms with van der Waals surface area (Å²) in [5.41, 5.74) is 2.60. The molecule has 1 saturated carbocycles. The van der Waals surface area contributed by atoms with E-state index in [1.807, 2.05) is 17.7 Å². The molecule has 4 rings (SSSR count). The van der Waals surface area contributed by atoms with Crippen molar-refractivity contribution in [3.63, 3.8) is 0 Å². The van der Waals surface area contributed by atoms with Gasteiger partial charge in [0.1, 0.15) is 0 Å². The van der Waals surface area contributed by atoms with E-state index in [0.717, 1.165) is 38.8 Å². The predicted octanol–water partition coefficient (Wildman–Crippen LogP) is 4.27. The number of carbonyl (C=O) groups is 2. The first-order valence-corrected chi connectivity index (χ1v) is 11.5. The molecule has 0 amide bonds. The molecule has 1 fully saturated rings. The number of hydrogen-bond donors (Lipinski definition) is 2. The van der Waals surface area contributed by atoms with Gasteiger partial charge in [-0.15, -0.1) is 11.3 Å². The summed E-state index contributed by atoms with van der Waals surface area (Å²) in [4.78, 5) is 26.3. The summed E-state index contributed by atoms with van der Waals surface area (Å²) in [6, 6.07) is 4.35. The number of imidazole rings is 1. The fourth-order valence-electron chi connectivity index (χ4n) is 3.34. The second-order valence-electron chi connectivity index (χ2n) is 8.22. The van der Waals surface area contributed by atoms with Crippen molar-refractivity contribution < 1.29 is 50.9 Å². The summed E-state index contributed by atoms with van der Waals surface area (Å²) in [5, 5.41) is 16.4. The number of ether oxygens (including phenoxy) is 1. The zero-order chi connectivity index (χ0) is 27.1. The normalized spacial score (nSPS) is 17.8. The molecule has 2 aromatic heterocycles. The molecule has 0 bridgehead atoms. The molecule has 36 heavy (non-hydrogen) atoms. The first-order valence-electron chi connectivity index (χ1n) is 10.6. The fraction of sp³-hybridized carbons (Fsp3) is 0.571. The van der Waals surface area contributed by atoms with Crippen molar-refractivity contribution in [2.75, 3.05) is 19.8 Å². The van der Waals surface area contributed by atoms with E-state index in [4.69, 9.17) is 24.5 Å². The van der Waals surface area contributed by atoms with Crippen LogP contribution in [0.1, 0.15) is 35.0 Å². The maximum absolute atomic E-state index is 10.6. The Morgan fingerprint density at radius 3 is 2.17 bits per heavy atom. The maximum Gasteiger partial charge on any atom is 0.490 e. The van der Waals surface area contributed by atoms with Gasteiger partial charge in [0.25, 0.3) is 0 Å². The van der Waals surface area contributed by atoms with Gasteiger partial charge in [0.05, 0.1) is 18.6 Å². The van der Waals surface area contributed by atoms with Crippen LogP contribution in [-0.2, 0) is 34.5 Å². The molecule has 1 unspecified atom stereocenters. The van der Waals surface area contributed by atoms with Crippen molar-refractivity contribution in [2.24, 2.45) is 13.0 Å². The van der Waals surface area contributed by atoms with E-state index in [1.54, 1.807) is 0 Å². The van der Waals surface area contributed by atoms with E-state index in [1.165, 1.54) is 29.1 Å². The molecule has 2 N–H and O–H groups in total. The zero-order valence-electron chi connectivity index (χ0n) is 19.1. The lowest BCUT2D eigenvalue weighted by Gasteiger charge is -2.32. The van der Waals surface area contributed by atoms with Crippen molar-refractivity contribution in [2.45, 2.75) is 44.2 Å².